The molecule has 6 heteroatoms. The second-order valence-electron chi connectivity index (χ2n) is 1.77. The van der Waals surface area contributed by atoms with Crippen LogP contribution in [0.1, 0.15) is 0 Å². The van der Waals surface area contributed by atoms with Gasteiger partial charge in [-0.15, -0.1) is 12.6 Å². The van der Waals surface area contributed by atoms with Crippen molar-refractivity contribution in [1.29, 1.82) is 0 Å². The number of hydrogen-bond donors (Lipinski definition) is 4. The maximum absolute atomic E-state index is 5.25. The molecule has 0 bridgehead atoms. The molecule has 0 heterocycles. The average Bonchev–Trinajstić information content (AvgIpc) is 1.87. The van der Waals surface area contributed by atoms with Gasteiger partial charge in [-0.3, -0.25) is 0 Å². The first-order valence-corrected chi connectivity index (χ1v) is 4.00. The van der Waals surface area contributed by atoms with E-state index < -0.39 is 0 Å². The molecular formula is C5H14N3NaS2. The van der Waals surface area contributed by atoms with Crippen molar-refractivity contribution in [2.45, 2.75) is 0 Å². The summed E-state index contributed by atoms with van der Waals surface area (Å²) in [6, 6.07) is 0. The number of hydrogen-bond acceptors (Lipinski definition) is 3. The van der Waals surface area contributed by atoms with Gasteiger partial charge in [0.25, 0.3) is 0 Å². The molecule has 0 saturated heterocycles. The predicted octanol–water partition coefficient (Wildman–Crippen LogP) is -1.31. The van der Waals surface area contributed by atoms with Gasteiger partial charge in [0.2, 0.25) is 0 Å². The number of nitrogens with one attached hydrogen (secondary N) is 2. The summed E-state index contributed by atoms with van der Waals surface area (Å²) in [6.07, 6.45) is 0. The van der Waals surface area contributed by atoms with Gasteiger partial charge in [-0.05, 0) is 0 Å². The van der Waals surface area contributed by atoms with E-state index in [-0.39, 0.29) is 29.6 Å². The molecule has 3 nitrogen and oxygen atoms in total. The number of nitrogens with two attached hydrogens (primary N) is 1. The first-order chi connectivity index (χ1) is 4.77. The summed E-state index contributed by atoms with van der Waals surface area (Å²) in [6.45, 7) is 3.20. The number of thiocarbonyl (C=S) groups is 1. The third kappa shape index (κ3) is 14.1. The van der Waals surface area contributed by atoms with Crippen LogP contribution in [0.4, 0.5) is 0 Å². The summed E-state index contributed by atoms with van der Waals surface area (Å²) in [5, 5.41) is 6.01. The Morgan fingerprint density at radius 1 is 1.36 bits per heavy atom. The van der Waals surface area contributed by atoms with Crippen molar-refractivity contribution in [3.63, 3.8) is 0 Å². The van der Waals surface area contributed by atoms with Crippen LogP contribution in [0, 0.1) is 0 Å². The van der Waals surface area contributed by atoms with Gasteiger partial charge in [0, 0.05) is 26.2 Å². The zero-order valence-corrected chi connectivity index (χ0v) is 7.47. The predicted molar refractivity (Wildman–Crippen MR) is 58.7 cm³/mol. The van der Waals surface area contributed by atoms with Gasteiger partial charge in [-0.1, -0.05) is 12.2 Å². The molecule has 0 aliphatic rings. The fourth-order valence-electron chi connectivity index (χ4n) is 0.485. The van der Waals surface area contributed by atoms with Gasteiger partial charge in [-0.2, -0.15) is 0 Å². The van der Waals surface area contributed by atoms with Crippen LogP contribution in [-0.4, -0.2) is 60.1 Å². The topological polar surface area (TPSA) is 50.1 Å². The van der Waals surface area contributed by atoms with Crippen molar-refractivity contribution >= 4 is 58.7 Å². The summed E-state index contributed by atoms with van der Waals surface area (Å²) in [5.41, 5.74) is 5.25. The van der Waals surface area contributed by atoms with Crippen molar-refractivity contribution in [3.8, 4) is 0 Å². The molecule has 0 aliphatic heterocycles. The average molecular weight is 203 g/mol. The molecule has 0 aromatic rings. The van der Waals surface area contributed by atoms with E-state index in [4.69, 9.17) is 5.73 Å². The molecule has 0 rings (SSSR count). The third-order valence-electron chi connectivity index (χ3n) is 0.899. The second-order valence-corrected chi connectivity index (χ2v) is 2.93. The third-order valence-corrected chi connectivity index (χ3v) is 1.20. The van der Waals surface area contributed by atoms with E-state index in [0.29, 0.717) is 10.9 Å². The maximum atomic E-state index is 5.25. The summed E-state index contributed by atoms with van der Waals surface area (Å²) >= 11 is 8.57. The summed E-state index contributed by atoms with van der Waals surface area (Å²) in [5.74, 6) is 0. The normalized spacial score (nSPS) is 8.55. The monoisotopic (exact) mass is 203 g/mol. The fraction of sp³-hybridized carbons (Fsp3) is 0.800. The Morgan fingerprint density at radius 3 is 2.45 bits per heavy atom. The standard InChI is InChI=1S/C5H13N3S2.Na.H/c6-1-2-7-3-4-8-5(9)10;;/h7H,1-4,6H2,(H2,8,9,10);;. The van der Waals surface area contributed by atoms with Gasteiger partial charge in [0.05, 0.1) is 0 Å². The SMILES string of the molecule is NCCNCCNC(=S)S.[NaH]. The van der Waals surface area contributed by atoms with Gasteiger partial charge < -0.3 is 16.4 Å². The molecule has 0 fully saturated rings. The van der Waals surface area contributed by atoms with Crippen LogP contribution in [0.5, 0.6) is 0 Å². The van der Waals surface area contributed by atoms with Crippen LogP contribution in [-0.2, 0) is 0 Å². The van der Waals surface area contributed by atoms with Crippen LogP contribution in [0.2, 0.25) is 0 Å². The van der Waals surface area contributed by atoms with Gasteiger partial charge in [-0.25, -0.2) is 0 Å². The first kappa shape index (κ1) is 14.7. The van der Waals surface area contributed by atoms with E-state index in [1.54, 1.807) is 0 Å². The molecule has 0 aromatic heterocycles. The Bertz CT molecular complexity index is 102. The summed E-state index contributed by atoms with van der Waals surface area (Å²) in [7, 11) is 0. The summed E-state index contributed by atoms with van der Waals surface area (Å²) in [4.78, 5) is 0. The molecule has 0 spiro atoms. The fourth-order valence-corrected chi connectivity index (χ4v) is 0.699. The Morgan fingerprint density at radius 2 is 2.00 bits per heavy atom. The van der Waals surface area contributed by atoms with E-state index in [0.717, 1.165) is 19.6 Å². The molecule has 0 saturated carbocycles. The molecule has 4 N–H and O–H groups in total. The quantitative estimate of drug-likeness (QED) is 0.194. The van der Waals surface area contributed by atoms with E-state index in [2.05, 4.69) is 35.5 Å². The van der Waals surface area contributed by atoms with Crippen molar-refractivity contribution < 1.29 is 0 Å². The van der Waals surface area contributed by atoms with Crippen molar-refractivity contribution in [3.05, 3.63) is 0 Å². The first-order valence-electron chi connectivity index (χ1n) is 3.15. The molecule has 0 radical (unpaired) electrons. The van der Waals surface area contributed by atoms with Crippen LogP contribution in [0.15, 0.2) is 0 Å². The van der Waals surface area contributed by atoms with Crippen LogP contribution >= 0.6 is 24.8 Å². The Labute approximate surface area is 101 Å². The zero-order chi connectivity index (χ0) is 7.82. The van der Waals surface area contributed by atoms with E-state index >= 15 is 0 Å². The van der Waals surface area contributed by atoms with Crippen molar-refractivity contribution in [2.75, 3.05) is 26.2 Å². The van der Waals surface area contributed by atoms with E-state index in [1.807, 2.05) is 0 Å². The second kappa shape index (κ2) is 11.2. The number of thiol groups is 1. The van der Waals surface area contributed by atoms with Gasteiger partial charge in [0.15, 0.2) is 0 Å². The molecule has 0 unspecified atom stereocenters. The summed E-state index contributed by atoms with van der Waals surface area (Å²) < 4.78 is 0.537. The van der Waals surface area contributed by atoms with Crippen LogP contribution in [0.25, 0.3) is 0 Å². The van der Waals surface area contributed by atoms with Crippen molar-refractivity contribution in [2.24, 2.45) is 5.73 Å². The molecule has 0 atom stereocenters. The number of rotatable bonds is 5. The van der Waals surface area contributed by atoms with E-state index in [9.17, 15) is 0 Å². The molecule has 62 valence electrons. The zero-order valence-electron chi connectivity index (χ0n) is 5.76. The Balaban J connectivity index is 0. The Kier molecular flexibility index (Phi) is 14.9. The molecule has 0 aliphatic carbocycles. The van der Waals surface area contributed by atoms with Gasteiger partial charge in [0.1, 0.15) is 4.32 Å². The molecule has 0 amide bonds. The molecular weight excluding hydrogens is 189 g/mol. The van der Waals surface area contributed by atoms with Crippen LogP contribution < -0.4 is 16.4 Å². The molecule has 0 aromatic carbocycles. The van der Waals surface area contributed by atoms with Crippen LogP contribution in [0.3, 0.4) is 0 Å². The Hall–Kier alpha value is 1.16. The minimum absolute atomic E-state index is 0. The van der Waals surface area contributed by atoms with Gasteiger partial charge >= 0.3 is 29.6 Å². The minimum atomic E-state index is 0. The van der Waals surface area contributed by atoms with E-state index in [1.165, 1.54) is 0 Å². The molecule has 11 heavy (non-hydrogen) atoms. The van der Waals surface area contributed by atoms with Crippen molar-refractivity contribution in [1.82, 2.24) is 10.6 Å².